The average molecular weight is 380 g/mol. The molecule has 3 aromatic rings. The SMILES string of the molecule is C[C@H](CO)Nc1nc(NCc2cccc([N+](=O)[O-])c2)cc(-c2ccncc2)n1. The van der Waals surface area contributed by atoms with Gasteiger partial charge in [0.2, 0.25) is 5.95 Å². The van der Waals surface area contributed by atoms with E-state index in [9.17, 15) is 15.2 Å². The summed E-state index contributed by atoms with van der Waals surface area (Å²) in [5.41, 5.74) is 2.36. The summed E-state index contributed by atoms with van der Waals surface area (Å²) in [7, 11) is 0. The van der Waals surface area contributed by atoms with E-state index in [0.29, 0.717) is 24.0 Å². The third-order valence-electron chi connectivity index (χ3n) is 3.95. The molecule has 0 aliphatic rings. The summed E-state index contributed by atoms with van der Waals surface area (Å²) < 4.78 is 0. The number of nitro benzene ring substituents is 1. The highest BCUT2D eigenvalue weighted by atomic mass is 16.6. The molecule has 0 unspecified atom stereocenters. The molecule has 144 valence electrons. The number of aliphatic hydroxyl groups excluding tert-OH is 1. The fourth-order valence-corrected chi connectivity index (χ4v) is 2.51. The van der Waals surface area contributed by atoms with Crippen molar-refractivity contribution < 1.29 is 10.0 Å². The Bertz CT molecular complexity index is 951. The van der Waals surface area contributed by atoms with Crippen molar-refractivity contribution in [1.82, 2.24) is 15.0 Å². The van der Waals surface area contributed by atoms with Crippen LogP contribution in [0.15, 0.2) is 54.9 Å². The highest BCUT2D eigenvalue weighted by molar-refractivity contribution is 5.64. The molecule has 3 rings (SSSR count). The summed E-state index contributed by atoms with van der Waals surface area (Å²) in [6.45, 7) is 2.13. The monoisotopic (exact) mass is 380 g/mol. The maximum Gasteiger partial charge on any atom is 0.269 e. The summed E-state index contributed by atoms with van der Waals surface area (Å²) >= 11 is 0. The summed E-state index contributed by atoms with van der Waals surface area (Å²) in [5, 5.41) is 26.4. The summed E-state index contributed by atoms with van der Waals surface area (Å²) in [4.78, 5) is 23.4. The van der Waals surface area contributed by atoms with E-state index in [0.717, 1.165) is 11.1 Å². The van der Waals surface area contributed by atoms with Crippen LogP contribution in [-0.2, 0) is 6.54 Å². The van der Waals surface area contributed by atoms with Gasteiger partial charge >= 0.3 is 0 Å². The average Bonchev–Trinajstić information content (AvgIpc) is 2.73. The Morgan fingerprint density at radius 1 is 1.18 bits per heavy atom. The largest absolute Gasteiger partial charge is 0.394 e. The number of aromatic nitrogens is 3. The number of nitro groups is 1. The molecule has 1 atom stereocenters. The number of hydrogen-bond donors (Lipinski definition) is 3. The lowest BCUT2D eigenvalue weighted by Gasteiger charge is -2.14. The molecule has 0 bridgehead atoms. The van der Waals surface area contributed by atoms with Crippen molar-refractivity contribution in [1.29, 1.82) is 0 Å². The third kappa shape index (κ3) is 4.98. The van der Waals surface area contributed by atoms with E-state index in [-0.39, 0.29) is 18.3 Å². The van der Waals surface area contributed by atoms with E-state index < -0.39 is 4.92 Å². The zero-order valence-electron chi connectivity index (χ0n) is 15.2. The van der Waals surface area contributed by atoms with E-state index in [1.54, 1.807) is 30.6 Å². The topological polar surface area (TPSA) is 126 Å². The van der Waals surface area contributed by atoms with Gasteiger partial charge in [-0.2, -0.15) is 4.98 Å². The maximum absolute atomic E-state index is 10.9. The molecule has 0 spiro atoms. The quantitative estimate of drug-likeness (QED) is 0.402. The fraction of sp³-hybridized carbons (Fsp3) is 0.211. The van der Waals surface area contributed by atoms with Crippen LogP contribution in [0.2, 0.25) is 0 Å². The van der Waals surface area contributed by atoms with Gasteiger partial charge in [-0.3, -0.25) is 15.1 Å². The van der Waals surface area contributed by atoms with Crippen molar-refractivity contribution in [2.24, 2.45) is 0 Å². The second kappa shape index (κ2) is 8.87. The van der Waals surface area contributed by atoms with Crippen molar-refractivity contribution in [3.63, 3.8) is 0 Å². The van der Waals surface area contributed by atoms with E-state index >= 15 is 0 Å². The lowest BCUT2D eigenvalue weighted by atomic mass is 10.2. The lowest BCUT2D eigenvalue weighted by Crippen LogP contribution is -2.21. The predicted octanol–water partition coefficient (Wildman–Crippen LogP) is 2.85. The van der Waals surface area contributed by atoms with Crippen LogP contribution in [-0.4, -0.2) is 37.6 Å². The molecule has 0 fully saturated rings. The number of pyridine rings is 1. The van der Waals surface area contributed by atoms with E-state index in [1.165, 1.54) is 12.1 Å². The molecule has 9 nitrogen and oxygen atoms in total. The van der Waals surface area contributed by atoms with Crippen LogP contribution in [0.1, 0.15) is 12.5 Å². The maximum atomic E-state index is 10.9. The number of rotatable bonds is 8. The minimum atomic E-state index is -0.423. The van der Waals surface area contributed by atoms with E-state index in [1.807, 2.05) is 19.1 Å². The van der Waals surface area contributed by atoms with Crippen molar-refractivity contribution in [2.75, 3.05) is 17.2 Å². The molecule has 2 aromatic heterocycles. The first-order chi connectivity index (χ1) is 13.5. The van der Waals surface area contributed by atoms with Gasteiger partial charge in [0.1, 0.15) is 5.82 Å². The highest BCUT2D eigenvalue weighted by Gasteiger charge is 2.10. The molecule has 3 N–H and O–H groups in total. The second-order valence-electron chi connectivity index (χ2n) is 6.21. The second-order valence-corrected chi connectivity index (χ2v) is 6.21. The summed E-state index contributed by atoms with van der Waals surface area (Å²) in [5.74, 6) is 0.929. The van der Waals surface area contributed by atoms with Gasteiger partial charge in [-0.15, -0.1) is 0 Å². The fourth-order valence-electron chi connectivity index (χ4n) is 2.51. The number of nitrogens with one attached hydrogen (secondary N) is 2. The zero-order valence-corrected chi connectivity index (χ0v) is 15.2. The van der Waals surface area contributed by atoms with Gasteiger partial charge in [0.15, 0.2) is 0 Å². The van der Waals surface area contributed by atoms with Gasteiger partial charge < -0.3 is 15.7 Å². The van der Waals surface area contributed by atoms with Crippen LogP contribution in [0.25, 0.3) is 11.3 Å². The molecule has 28 heavy (non-hydrogen) atoms. The number of benzene rings is 1. The Balaban J connectivity index is 1.85. The standard InChI is InChI=1S/C19H20N6O3/c1-13(12-26)22-19-23-17(15-5-7-20-8-6-15)10-18(24-19)21-11-14-3-2-4-16(9-14)25(27)28/h2-10,13,26H,11-12H2,1H3,(H2,21,22,23,24)/t13-/m1/s1. The van der Waals surface area contributed by atoms with Gasteiger partial charge in [-0.05, 0) is 24.6 Å². The summed E-state index contributed by atoms with van der Waals surface area (Å²) in [6, 6.07) is 11.7. The molecule has 0 aliphatic heterocycles. The van der Waals surface area contributed by atoms with Crippen LogP contribution in [0.4, 0.5) is 17.5 Å². The van der Waals surface area contributed by atoms with Crippen molar-refractivity contribution >= 4 is 17.5 Å². The van der Waals surface area contributed by atoms with Gasteiger partial charge in [0, 0.05) is 48.7 Å². The molecule has 0 amide bonds. The van der Waals surface area contributed by atoms with E-state index in [2.05, 4.69) is 25.6 Å². The van der Waals surface area contributed by atoms with Crippen LogP contribution < -0.4 is 10.6 Å². The van der Waals surface area contributed by atoms with Gasteiger partial charge in [0.05, 0.1) is 17.2 Å². The minimum absolute atomic E-state index is 0.0404. The van der Waals surface area contributed by atoms with Gasteiger partial charge in [0.25, 0.3) is 5.69 Å². The Labute approximate surface area is 161 Å². The molecular weight excluding hydrogens is 360 g/mol. The van der Waals surface area contributed by atoms with Crippen LogP contribution in [0.5, 0.6) is 0 Å². The van der Waals surface area contributed by atoms with Crippen molar-refractivity contribution in [3.05, 3.63) is 70.5 Å². The van der Waals surface area contributed by atoms with Crippen LogP contribution >= 0.6 is 0 Å². The third-order valence-corrected chi connectivity index (χ3v) is 3.95. The predicted molar refractivity (Wildman–Crippen MR) is 106 cm³/mol. The number of hydrogen-bond acceptors (Lipinski definition) is 8. The van der Waals surface area contributed by atoms with Gasteiger partial charge in [-0.1, -0.05) is 12.1 Å². The van der Waals surface area contributed by atoms with Crippen molar-refractivity contribution in [3.8, 4) is 11.3 Å². The minimum Gasteiger partial charge on any atom is -0.394 e. The Kier molecular flexibility index (Phi) is 6.07. The zero-order chi connectivity index (χ0) is 19.9. The van der Waals surface area contributed by atoms with Crippen molar-refractivity contribution in [2.45, 2.75) is 19.5 Å². The molecule has 0 saturated carbocycles. The molecule has 0 aliphatic carbocycles. The molecule has 9 heteroatoms. The first-order valence-electron chi connectivity index (χ1n) is 8.69. The molecule has 1 aromatic carbocycles. The molecule has 2 heterocycles. The Morgan fingerprint density at radius 3 is 2.68 bits per heavy atom. The van der Waals surface area contributed by atoms with Gasteiger partial charge in [-0.25, -0.2) is 4.98 Å². The summed E-state index contributed by atoms with van der Waals surface area (Å²) in [6.07, 6.45) is 3.36. The number of anilines is 2. The normalized spacial score (nSPS) is 11.6. The number of nitrogens with zero attached hydrogens (tertiary/aromatic N) is 4. The first-order valence-corrected chi connectivity index (χ1v) is 8.69. The molecule has 0 saturated heterocycles. The number of aliphatic hydroxyl groups is 1. The van der Waals surface area contributed by atoms with Crippen LogP contribution in [0, 0.1) is 10.1 Å². The number of non-ortho nitro benzene ring substituents is 1. The molecule has 0 radical (unpaired) electrons. The highest BCUT2D eigenvalue weighted by Crippen LogP contribution is 2.22. The Hall–Kier alpha value is -3.59. The first kappa shape index (κ1) is 19.2. The van der Waals surface area contributed by atoms with Crippen LogP contribution in [0.3, 0.4) is 0 Å². The lowest BCUT2D eigenvalue weighted by molar-refractivity contribution is -0.384. The molecular formula is C19H20N6O3. The smallest absolute Gasteiger partial charge is 0.269 e. The Morgan fingerprint density at radius 2 is 1.96 bits per heavy atom. The van der Waals surface area contributed by atoms with E-state index in [4.69, 9.17) is 0 Å².